The molecule has 5 nitrogen and oxygen atoms in total. The monoisotopic (exact) mass is 297 g/mol. The lowest BCUT2D eigenvalue weighted by atomic mass is 10.2. The minimum absolute atomic E-state index is 0.0631. The summed E-state index contributed by atoms with van der Waals surface area (Å²) in [6.45, 7) is 2.01. The zero-order valence-electron chi connectivity index (χ0n) is 12.4. The van der Waals surface area contributed by atoms with Crippen LogP contribution in [0.25, 0.3) is 0 Å². The number of hydrogen-bond acceptors (Lipinski definition) is 5. The number of amides is 1. The van der Waals surface area contributed by atoms with Crippen molar-refractivity contribution in [3.63, 3.8) is 0 Å². The van der Waals surface area contributed by atoms with E-state index in [4.69, 9.17) is 10.5 Å². The number of carbonyl (C=O) groups is 1. The molecule has 2 rings (SSSR count). The molecule has 0 aromatic carbocycles. The van der Waals surface area contributed by atoms with Crippen molar-refractivity contribution in [2.24, 2.45) is 0 Å². The Hall–Kier alpha value is -1.43. The van der Waals surface area contributed by atoms with Crippen LogP contribution in [0, 0.1) is 0 Å². The van der Waals surface area contributed by atoms with Crippen molar-refractivity contribution in [1.29, 1.82) is 0 Å². The normalized spacial score (nSPS) is 15.8. The average Bonchev–Trinajstić information content (AvgIpc) is 2.62. The number of ether oxygens (including phenoxy) is 1. The fraction of sp³-hybridized carbons (Fsp3) is 0.643. The van der Waals surface area contributed by atoms with E-state index in [0.717, 1.165) is 18.1 Å². The second-order valence-electron chi connectivity index (χ2n) is 5.28. The van der Waals surface area contributed by atoms with E-state index in [1.165, 1.54) is 37.0 Å². The van der Waals surface area contributed by atoms with Crippen LogP contribution in [0.4, 0.5) is 10.7 Å². The number of anilines is 2. The van der Waals surface area contributed by atoms with Crippen LogP contribution in [-0.2, 0) is 0 Å². The maximum atomic E-state index is 12.2. The Morgan fingerprint density at radius 3 is 2.35 bits per heavy atom. The quantitative estimate of drug-likeness (QED) is 0.931. The van der Waals surface area contributed by atoms with E-state index >= 15 is 0 Å². The smallest absolute Gasteiger partial charge is 0.265 e. The van der Waals surface area contributed by atoms with Crippen molar-refractivity contribution in [3.05, 3.63) is 4.88 Å². The lowest BCUT2D eigenvalue weighted by Crippen LogP contribution is -2.23. The topological polar surface area (TPSA) is 58.8 Å². The van der Waals surface area contributed by atoms with Gasteiger partial charge in [-0.1, -0.05) is 12.8 Å². The first-order chi connectivity index (χ1) is 9.56. The molecule has 1 aromatic heterocycles. The Balaban J connectivity index is 2.37. The van der Waals surface area contributed by atoms with Gasteiger partial charge in [-0.25, -0.2) is 0 Å². The first kappa shape index (κ1) is 15.0. The Bertz CT molecular complexity index is 477. The molecular formula is C14H23N3O2S. The van der Waals surface area contributed by atoms with Crippen molar-refractivity contribution < 1.29 is 9.53 Å². The standard InChI is InChI=1S/C14H23N3O2S/c1-16(2)13(18)12-10(15)11(19-3)14(20-12)17-8-6-4-5-7-9-17/h4-9,15H2,1-3H3. The van der Waals surface area contributed by atoms with Crippen molar-refractivity contribution in [3.8, 4) is 5.75 Å². The van der Waals surface area contributed by atoms with Crippen molar-refractivity contribution in [2.75, 3.05) is 44.9 Å². The summed E-state index contributed by atoms with van der Waals surface area (Å²) >= 11 is 1.45. The number of rotatable bonds is 3. The highest BCUT2D eigenvalue weighted by molar-refractivity contribution is 7.19. The van der Waals surface area contributed by atoms with Crippen LogP contribution in [0.3, 0.4) is 0 Å². The molecule has 0 spiro atoms. The molecule has 0 bridgehead atoms. The fourth-order valence-corrected chi connectivity index (χ4v) is 3.72. The van der Waals surface area contributed by atoms with Crippen LogP contribution in [0.5, 0.6) is 5.75 Å². The Morgan fingerprint density at radius 2 is 1.85 bits per heavy atom. The summed E-state index contributed by atoms with van der Waals surface area (Å²) in [4.78, 5) is 16.6. The number of nitrogens with zero attached hydrogens (tertiary/aromatic N) is 2. The summed E-state index contributed by atoms with van der Waals surface area (Å²) in [7, 11) is 5.09. The molecule has 1 amide bonds. The predicted molar refractivity (Wildman–Crippen MR) is 84.0 cm³/mol. The van der Waals surface area contributed by atoms with Gasteiger partial charge in [-0.15, -0.1) is 11.3 Å². The van der Waals surface area contributed by atoms with Gasteiger partial charge in [0, 0.05) is 27.2 Å². The number of hydrogen-bond donors (Lipinski definition) is 1. The zero-order valence-corrected chi connectivity index (χ0v) is 13.3. The molecule has 0 aliphatic carbocycles. The van der Waals surface area contributed by atoms with Crippen LogP contribution < -0.4 is 15.4 Å². The minimum Gasteiger partial charge on any atom is -0.492 e. The van der Waals surface area contributed by atoms with Gasteiger partial charge in [-0.2, -0.15) is 0 Å². The number of nitrogen functional groups attached to an aromatic ring is 1. The van der Waals surface area contributed by atoms with Crippen LogP contribution in [0.1, 0.15) is 35.4 Å². The highest BCUT2D eigenvalue weighted by Crippen LogP contribution is 2.45. The van der Waals surface area contributed by atoms with Gasteiger partial charge < -0.3 is 20.3 Å². The molecular weight excluding hydrogens is 274 g/mol. The van der Waals surface area contributed by atoms with Gasteiger partial charge in [0.15, 0.2) is 5.75 Å². The number of methoxy groups -OCH3 is 1. The van der Waals surface area contributed by atoms with Gasteiger partial charge in [0.1, 0.15) is 15.6 Å². The molecule has 2 heterocycles. The third kappa shape index (κ3) is 2.85. The molecule has 6 heteroatoms. The van der Waals surface area contributed by atoms with Gasteiger partial charge >= 0.3 is 0 Å². The second-order valence-corrected chi connectivity index (χ2v) is 6.28. The summed E-state index contributed by atoms with van der Waals surface area (Å²) in [5.74, 6) is 0.592. The Labute approximate surface area is 124 Å². The van der Waals surface area contributed by atoms with Crippen molar-refractivity contribution in [2.45, 2.75) is 25.7 Å². The van der Waals surface area contributed by atoms with Crippen molar-refractivity contribution in [1.82, 2.24) is 4.90 Å². The van der Waals surface area contributed by atoms with Gasteiger partial charge in [-0.3, -0.25) is 4.79 Å². The summed E-state index contributed by atoms with van der Waals surface area (Å²) in [5.41, 5.74) is 6.58. The van der Waals surface area contributed by atoms with Crippen LogP contribution >= 0.6 is 11.3 Å². The molecule has 112 valence electrons. The molecule has 0 radical (unpaired) electrons. The summed E-state index contributed by atoms with van der Waals surface area (Å²) in [5, 5.41) is 0.997. The molecule has 20 heavy (non-hydrogen) atoms. The first-order valence-electron chi connectivity index (χ1n) is 6.99. The number of thiophene rings is 1. The van der Waals surface area contributed by atoms with Gasteiger partial charge in [0.05, 0.1) is 7.11 Å². The third-order valence-corrected chi connectivity index (χ3v) is 4.82. The Morgan fingerprint density at radius 1 is 1.25 bits per heavy atom. The van der Waals surface area contributed by atoms with E-state index in [0.29, 0.717) is 16.3 Å². The lowest BCUT2D eigenvalue weighted by molar-refractivity contribution is 0.0833. The van der Waals surface area contributed by atoms with Gasteiger partial charge in [0.2, 0.25) is 0 Å². The first-order valence-corrected chi connectivity index (χ1v) is 7.80. The van der Waals surface area contributed by atoms with E-state index in [9.17, 15) is 4.79 Å². The third-order valence-electron chi connectivity index (χ3n) is 3.58. The zero-order chi connectivity index (χ0) is 14.7. The highest BCUT2D eigenvalue weighted by Gasteiger charge is 2.26. The van der Waals surface area contributed by atoms with Crippen LogP contribution in [0.2, 0.25) is 0 Å². The molecule has 1 aliphatic heterocycles. The molecule has 1 aliphatic rings. The SMILES string of the molecule is COc1c(N2CCCCCC2)sc(C(=O)N(C)C)c1N. The predicted octanol–water partition coefficient (Wildman–Crippen LogP) is 2.42. The van der Waals surface area contributed by atoms with Crippen molar-refractivity contribution >= 4 is 27.9 Å². The van der Waals surface area contributed by atoms with Crippen LogP contribution in [-0.4, -0.2) is 45.1 Å². The Kier molecular flexibility index (Phi) is 4.75. The maximum absolute atomic E-state index is 12.2. The van der Waals surface area contributed by atoms with Gasteiger partial charge in [-0.05, 0) is 12.8 Å². The lowest BCUT2D eigenvalue weighted by Gasteiger charge is -2.21. The second kappa shape index (κ2) is 6.35. The largest absolute Gasteiger partial charge is 0.492 e. The van der Waals surface area contributed by atoms with E-state index in [2.05, 4.69) is 4.90 Å². The fourth-order valence-electron chi connectivity index (χ4n) is 2.46. The molecule has 0 unspecified atom stereocenters. The van der Waals surface area contributed by atoms with E-state index in [1.54, 1.807) is 26.1 Å². The molecule has 1 aromatic rings. The molecule has 0 saturated carbocycles. The van der Waals surface area contributed by atoms with Crippen LogP contribution in [0.15, 0.2) is 0 Å². The number of nitrogens with two attached hydrogens (primary N) is 1. The van der Waals surface area contributed by atoms with E-state index in [1.807, 2.05) is 0 Å². The maximum Gasteiger partial charge on any atom is 0.265 e. The van der Waals surface area contributed by atoms with E-state index < -0.39 is 0 Å². The van der Waals surface area contributed by atoms with Gasteiger partial charge in [0.25, 0.3) is 5.91 Å². The minimum atomic E-state index is -0.0631. The highest BCUT2D eigenvalue weighted by atomic mass is 32.1. The summed E-state index contributed by atoms with van der Waals surface area (Å²) in [6, 6.07) is 0. The van der Waals surface area contributed by atoms with E-state index in [-0.39, 0.29) is 5.91 Å². The molecule has 1 saturated heterocycles. The average molecular weight is 297 g/mol. The summed E-state index contributed by atoms with van der Waals surface area (Å²) < 4.78 is 5.45. The molecule has 2 N–H and O–H groups in total. The molecule has 0 atom stereocenters. The summed E-state index contributed by atoms with van der Waals surface area (Å²) in [6.07, 6.45) is 4.89. The number of carbonyl (C=O) groups excluding carboxylic acids is 1. The molecule has 1 fully saturated rings.